The molecule has 0 spiro atoms. The molecule has 0 unspecified atom stereocenters. The van der Waals surface area contributed by atoms with E-state index in [1.165, 1.54) is 0 Å². The maximum absolute atomic E-state index is 12.4. The predicted octanol–water partition coefficient (Wildman–Crippen LogP) is 3.44. The first-order valence-electron chi connectivity index (χ1n) is 8.85. The lowest BCUT2D eigenvalue weighted by Crippen LogP contribution is -2.32. The van der Waals surface area contributed by atoms with Gasteiger partial charge in [0.25, 0.3) is 5.91 Å². The molecule has 150 valence electrons. The van der Waals surface area contributed by atoms with Crippen molar-refractivity contribution < 1.29 is 19.1 Å². The summed E-state index contributed by atoms with van der Waals surface area (Å²) in [5, 5.41) is 3.32. The van der Waals surface area contributed by atoms with Crippen LogP contribution in [0.1, 0.15) is 27.9 Å². The van der Waals surface area contributed by atoms with Crippen molar-refractivity contribution in [3.63, 3.8) is 0 Å². The van der Waals surface area contributed by atoms with Crippen molar-refractivity contribution in [3.05, 3.63) is 58.1 Å². The van der Waals surface area contributed by atoms with Gasteiger partial charge in [-0.1, -0.05) is 11.6 Å². The minimum Gasteiger partial charge on any atom is -0.493 e. The molecule has 0 saturated heterocycles. The molecule has 6 nitrogen and oxygen atoms in total. The summed E-state index contributed by atoms with van der Waals surface area (Å²) in [6, 6.07) is 10.4. The van der Waals surface area contributed by atoms with Gasteiger partial charge in [0.15, 0.2) is 11.5 Å². The number of hydrogen-bond acceptors (Lipinski definition) is 4. The smallest absolute Gasteiger partial charge is 0.251 e. The van der Waals surface area contributed by atoms with Crippen LogP contribution in [0.4, 0.5) is 0 Å². The molecule has 0 heterocycles. The zero-order valence-corrected chi connectivity index (χ0v) is 17.3. The van der Waals surface area contributed by atoms with Crippen LogP contribution in [0.5, 0.6) is 11.5 Å². The maximum Gasteiger partial charge on any atom is 0.251 e. The van der Waals surface area contributed by atoms with E-state index in [1.54, 1.807) is 50.4 Å². The average Bonchev–Trinajstić information content (AvgIpc) is 2.69. The lowest BCUT2D eigenvalue weighted by atomic mass is 10.1. The Labute approximate surface area is 170 Å². The average molecular weight is 405 g/mol. The van der Waals surface area contributed by atoms with Crippen LogP contribution in [0.25, 0.3) is 0 Å². The van der Waals surface area contributed by atoms with E-state index in [2.05, 4.69) is 5.32 Å². The van der Waals surface area contributed by atoms with Gasteiger partial charge < -0.3 is 19.7 Å². The van der Waals surface area contributed by atoms with E-state index in [0.29, 0.717) is 28.6 Å². The summed E-state index contributed by atoms with van der Waals surface area (Å²) in [5.41, 5.74) is 2.48. The van der Waals surface area contributed by atoms with E-state index in [4.69, 9.17) is 21.1 Å². The summed E-state index contributed by atoms with van der Waals surface area (Å²) >= 11 is 5.81. The van der Waals surface area contributed by atoms with Gasteiger partial charge in [-0.3, -0.25) is 9.59 Å². The molecule has 0 atom stereocenters. The van der Waals surface area contributed by atoms with E-state index in [-0.39, 0.29) is 24.8 Å². The van der Waals surface area contributed by atoms with E-state index < -0.39 is 0 Å². The van der Waals surface area contributed by atoms with Crippen molar-refractivity contribution in [1.29, 1.82) is 0 Å². The van der Waals surface area contributed by atoms with Gasteiger partial charge in [-0.25, -0.2) is 0 Å². The Balaban J connectivity index is 1.89. The highest BCUT2D eigenvalue weighted by Gasteiger charge is 2.14. The van der Waals surface area contributed by atoms with Crippen LogP contribution in [-0.2, 0) is 11.3 Å². The minimum absolute atomic E-state index is 0.0643. The van der Waals surface area contributed by atoms with Gasteiger partial charge in [0.05, 0.1) is 14.2 Å². The van der Waals surface area contributed by atoms with E-state index in [1.807, 2.05) is 19.1 Å². The molecule has 0 radical (unpaired) electrons. The summed E-state index contributed by atoms with van der Waals surface area (Å²) in [6.07, 6.45) is 0.210. The number of hydrogen-bond donors (Lipinski definition) is 1. The van der Waals surface area contributed by atoms with Crippen molar-refractivity contribution in [2.24, 2.45) is 0 Å². The second-order valence-electron chi connectivity index (χ2n) is 6.40. The van der Waals surface area contributed by atoms with Gasteiger partial charge in [-0.2, -0.15) is 0 Å². The Kier molecular flexibility index (Phi) is 7.70. The van der Waals surface area contributed by atoms with Crippen molar-refractivity contribution in [2.75, 3.05) is 27.8 Å². The van der Waals surface area contributed by atoms with Gasteiger partial charge in [0.1, 0.15) is 0 Å². The molecule has 2 aromatic carbocycles. The summed E-state index contributed by atoms with van der Waals surface area (Å²) < 4.78 is 10.6. The highest BCUT2D eigenvalue weighted by Crippen LogP contribution is 2.30. The third-order valence-corrected chi connectivity index (χ3v) is 4.66. The number of aryl methyl sites for hydroxylation is 1. The molecule has 0 fully saturated rings. The van der Waals surface area contributed by atoms with Crippen molar-refractivity contribution in [3.8, 4) is 11.5 Å². The first kappa shape index (κ1) is 21.6. The van der Waals surface area contributed by atoms with Crippen LogP contribution >= 0.6 is 11.6 Å². The van der Waals surface area contributed by atoms with Gasteiger partial charge in [0, 0.05) is 37.1 Å². The SMILES string of the molecule is COc1cc(C)c(CN(C)C(=O)CCNC(=O)c2ccc(Cl)cc2)cc1OC. The van der Waals surface area contributed by atoms with Crippen LogP contribution < -0.4 is 14.8 Å². The zero-order chi connectivity index (χ0) is 20.7. The van der Waals surface area contributed by atoms with Gasteiger partial charge in [-0.15, -0.1) is 0 Å². The van der Waals surface area contributed by atoms with Crippen molar-refractivity contribution in [1.82, 2.24) is 10.2 Å². The van der Waals surface area contributed by atoms with Crippen LogP contribution in [0.15, 0.2) is 36.4 Å². The number of amides is 2. The van der Waals surface area contributed by atoms with E-state index in [0.717, 1.165) is 11.1 Å². The predicted molar refractivity (Wildman–Crippen MR) is 109 cm³/mol. The molecule has 28 heavy (non-hydrogen) atoms. The second-order valence-corrected chi connectivity index (χ2v) is 6.83. The monoisotopic (exact) mass is 404 g/mol. The minimum atomic E-state index is -0.233. The standard InChI is InChI=1S/C21H25ClN2O4/c1-14-11-18(27-3)19(28-4)12-16(14)13-24(2)20(25)9-10-23-21(26)15-5-7-17(22)8-6-15/h5-8,11-12H,9-10,13H2,1-4H3,(H,23,26). The second kappa shape index (κ2) is 9.99. The van der Waals surface area contributed by atoms with Crippen molar-refractivity contribution >= 4 is 23.4 Å². The molecule has 7 heteroatoms. The molecular formula is C21H25ClN2O4. The number of carbonyl (C=O) groups is 2. The van der Waals surface area contributed by atoms with Crippen LogP contribution in [0, 0.1) is 6.92 Å². The molecule has 0 saturated carbocycles. The number of carbonyl (C=O) groups excluding carboxylic acids is 2. The zero-order valence-electron chi connectivity index (χ0n) is 16.5. The number of ether oxygens (including phenoxy) is 2. The molecular weight excluding hydrogens is 380 g/mol. The molecule has 0 aliphatic carbocycles. The summed E-state index contributed by atoms with van der Waals surface area (Å²) in [5.74, 6) is 0.982. The molecule has 0 aliphatic heterocycles. The summed E-state index contributed by atoms with van der Waals surface area (Å²) in [7, 11) is 4.90. The van der Waals surface area contributed by atoms with Gasteiger partial charge >= 0.3 is 0 Å². The van der Waals surface area contributed by atoms with Crippen LogP contribution in [-0.4, -0.2) is 44.5 Å². The van der Waals surface area contributed by atoms with Gasteiger partial charge in [-0.05, 0) is 54.4 Å². The van der Waals surface area contributed by atoms with Crippen LogP contribution in [0.3, 0.4) is 0 Å². The van der Waals surface area contributed by atoms with E-state index >= 15 is 0 Å². The molecule has 1 N–H and O–H groups in total. The molecule has 0 bridgehead atoms. The van der Waals surface area contributed by atoms with Gasteiger partial charge in [0.2, 0.25) is 5.91 Å². The lowest BCUT2D eigenvalue weighted by molar-refractivity contribution is -0.130. The topological polar surface area (TPSA) is 67.9 Å². The Bertz CT molecular complexity index is 837. The number of methoxy groups -OCH3 is 2. The quantitative estimate of drug-likeness (QED) is 0.731. The number of halogens is 1. The first-order chi connectivity index (χ1) is 13.3. The molecule has 0 aromatic heterocycles. The summed E-state index contributed by atoms with van der Waals surface area (Å²) in [4.78, 5) is 26.1. The fourth-order valence-corrected chi connectivity index (χ4v) is 2.84. The Morgan fingerprint density at radius 1 is 1.07 bits per heavy atom. The van der Waals surface area contributed by atoms with Crippen molar-refractivity contribution in [2.45, 2.75) is 19.9 Å². The third-order valence-electron chi connectivity index (χ3n) is 4.41. The molecule has 2 rings (SSSR count). The number of nitrogens with zero attached hydrogens (tertiary/aromatic N) is 1. The first-order valence-corrected chi connectivity index (χ1v) is 9.22. The largest absolute Gasteiger partial charge is 0.493 e. The molecule has 2 amide bonds. The number of nitrogens with one attached hydrogen (secondary N) is 1. The Hall–Kier alpha value is -2.73. The number of benzene rings is 2. The fourth-order valence-electron chi connectivity index (χ4n) is 2.71. The molecule has 0 aliphatic rings. The normalized spacial score (nSPS) is 10.3. The Morgan fingerprint density at radius 2 is 1.68 bits per heavy atom. The highest BCUT2D eigenvalue weighted by atomic mass is 35.5. The Morgan fingerprint density at radius 3 is 2.29 bits per heavy atom. The highest BCUT2D eigenvalue weighted by molar-refractivity contribution is 6.30. The lowest BCUT2D eigenvalue weighted by Gasteiger charge is -2.20. The third kappa shape index (κ3) is 5.63. The van der Waals surface area contributed by atoms with E-state index in [9.17, 15) is 9.59 Å². The summed E-state index contributed by atoms with van der Waals surface area (Å²) in [6.45, 7) is 2.66. The van der Waals surface area contributed by atoms with Crippen LogP contribution in [0.2, 0.25) is 5.02 Å². The molecule has 2 aromatic rings. The fraction of sp³-hybridized carbons (Fsp3) is 0.333. The number of rotatable bonds is 8. The maximum atomic E-state index is 12.4.